The van der Waals surface area contributed by atoms with Gasteiger partial charge >= 0.3 is 0 Å². The lowest BCUT2D eigenvalue weighted by molar-refractivity contribution is -0.121. The normalized spacial score (nSPS) is 10.7. The summed E-state index contributed by atoms with van der Waals surface area (Å²) in [4.78, 5) is 16.3. The third-order valence-corrected chi connectivity index (χ3v) is 4.19. The SMILES string of the molecule is O=C(CCCc1nc(-c2ccccc2)no1)NCCCOCc1ccccc1. The van der Waals surface area contributed by atoms with E-state index in [2.05, 4.69) is 15.5 Å². The van der Waals surface area contributed by atoms with E-state index in [1.165, 1.54) is 0 Å². The number of hydrogen-bond acceptors (Lipinski definition) is 5. The summed E-state index contributed by atoms with van der Waals surface area (Å²) in [5.74, 6) is 1.17. The van der Waals surface area contributed by atoms with Crippen molar-refractivity contribution in [2.75, 3.05) is 13.2 Å². The van der Waals surface area contributed by atoms with Gasteiger partial charge in [0.1, 0.15) is 0 Å². The smallest absolute Gasteiger partial charge is 0.226 e. The zero-order valence-corrected chi connectivity index (χ0v) is 15.8. The van der Waals surface area contributed by atoms with Gasteiger partial charge in [-0.05, 0) is 18.4 Å². The molecule has 0 spiro atoms. The average molecular weight is 379 g/mol. The molecule has 6 heteroatoms. The highest BCUT2D eigenvalue weighted by Crippen LogP contribution is 2.15. The monoisotopic (exact) mass is 379 g/mol. The number of nitrogens with one attached hydrogen (secondary N) is 1. The molecule has 6 nitrogen and oxygen atoms in total. The maximum Gasteiger partial charge on any atom is 0.226 e. The lowest BCUT2D eigenvalue weighted by Crippen LogP contribution is -2.25. The van der Waals surface area contributed by atoms with E-state index in [0.717, 1.165) is 17.5 Å². The summed E-state index contributed by atoms with van der Waals surface area (Å²) >= 11 is 0. The standard InChI is InChI=1S/C22H25N3O3/c26-20(23-15-8-16-27-17-18-9-3-1-4-10-18)13-7-14-21-24-22(25-28-21)19-11-5-2-6-12-19/h1-6,9-12H,7-8,13-17H2,(H,23,26). The van der Waals surface area contributed by atoms with E-state index in [-0.39, 0.29) is 5.91 Å². The highest BCUT2D eigenvalue weighted by atomic mass is 16.5. The molecule has 0 aliphatic rings. The molecule has 0 saturated carbocycles. The minimum absolute atomic E-state index is 0.0332. The lowest BCUT2D eigenvalue weighted by Gasteiger charge is -2.06. The Morgan fingerprint density at radius 1 is 1.00 bits per heavy atom. The fraction of sp³-hybridized carbons (Fsp3) is 0.318. The van der Waals surface area contributed by atoms with Crippen LogP contribution in [0.1, 0.15) is 30.7 Å². The van der Waals surface area contributed by atoms with Crippen LogP contribution in [0.15, 0.2) is 65.2 Å². The zero-order chi connectivity index (χ0) is 19.4. The van der Waals surface area contributed by atoms with Gasteiger partial charge in [-0.2, -0.15) is 4.98 Å². The Labute approximate surface area is 164 Å². The van der Waals surface area contributed by atoms with Crippen molar-refractivity contribution in [3.05, 3.63) is 72.1 Å². The van der Waals surface area contributed by atoms with Crippen LogP contribution < -0.4 is 5.32 Å². The number of hydrogen-bond donors (Lipinski definition) is 1. The maximum absolute atomic E-state index is 11.9. The highest BCUT2D eigenvalue weighted by molar-refractivity contribution is 5.75. The van der Waals surface area contributed by atoms with Crippen LogP contribution in [0.4, 0.5) is 0 Å². The first-order valence-corrected chi connectivity index (χ1v) is 9.57. The number of amides is 1. The fourth-order valence-corrected chi connectivity index (χ4v) is 2.72. The molecule has 0 saturated heterocycles. The number of aromatic nitrogens is 2. The first-order chi connectivity index (χ1) is 13.8. The molecule has 0 bridgehead atoms. The predicted molar refractivity (Wildman–Crippen MR) is 106 cm³/mol. The van der Waals surface area contributed by atoms with Gasteiger partial charge in [-0.1, -0.05) is 65.8 Å². The number of nitrogens with zero attached hydrogens (tertiary/aromatic N) is 2. The second-order valence-electron chi connectivity index (χ2n) is 6.47. The van der Waals surface area contributed by atoms with Crippen LogP contribution in [0.3, 0.4) is 0 Å². The second-order valence-corrected chi connectivity index (χ2v) is 6.47. The number of ether oxygens (including phenoxy) is 1. The largest absolute Gasteiger partial charge is 0.377 e. The van der Waals surface area contributed by atoms with Crippen molar-refractivity contribution in [1.82, 2.24) is 15.5 Å². The molecule has 1 aromatic heterocycles. The van der Waals surface area contributed by atoms with Crippen molar-refractivity contribution in [3.63, 3.8) is 0 Å². The molecule has 0 aliphatic heterocycles. The van der Waals surface area contributed by atoms with Crippen LogP contribution in [0, 0.1) is 0 Å². The molecule has 0 aliphatic carbocycles. The van der Waals surface area contributed by atoms with Gasteiger partial charge in [0.05, 0.1) is 6.61 Å². The van der Waals surface area contributed by atoms with Crippen LogP contribution in [-0.4, -0.2) is 29.2 Å². The van der Waals surface area contributed by atoms with Crippen molar-refractivity contribution in [3.8, 4) is 11.4 Å². The minimum Gasteiger partial charge on any atom is -0.377 e. The van der Waals surface area contributed by atoms with Crippen molar-refractivity contribution in [2.24, 2.45) is 0 Å². The summed E-state index contributed by atoms with van der Waals surface area (Å²) in [7, 11) is 0. The molecule has 3 aromatic rings. The predicted octanol–water partition coefficient (Wildman–Crippen LogP) is 3.78. The highest BCUT2D eigenvalue weighted by Gasteiger charge is 2.09. The molecule has 28 heavy (non-hydrogen) atoms. The number of aryl methyl sites for hydroxylation is 1. The number of carbonyl (C=O) groups excluding carboxylic acids is 1. The van der Waals surface area contributed by atoms with Crippen LogP contribution in [0.2, 0.25) is 0 Å². The maximum atomic E-state index is 11.9. The Balaban J connectivity index is 1.24. The van der Waals surface area contributed by atoms with Crippen LogP contribution in [0.25, 0.3) is 11.4 Å². The van der Waals surface area contributed by atoms with Crippen LogP contribution in [-0.2, 0) is 22.6 Å². The fourth-order valence-electron chi connectivity index (χ4n) is 2.72. The summed E-state index contributed by atoms with van der Waals surface area (Å²) in [6.45, 7) is 1.84. The molecular formula is C22H25N3O3. The molecule has 1 heterocycles. The van der Waals surface area contributed by atoms with E-state index in [1.807, 2.05) is 60.7 Å². The molecule has 3 rings (SSSR count). The quantitative estimate of drug-likeness (QED) is 0.513. The molecule has 0 unspecified atom stereocenters. The van der Waals surface area contributed by atoms with Gasteiger partial charge in [0.25, 0.3) is 0 Å². The van der Waals surface area contributed by atoms with E-state index in [0.29, 0.717) is 50.7 Å². The first kappa shape index (κ1) is 19.8. The van der Waals surface area contributed by atoms with Gasteiger partial charge in [-0.3, -0.25) is 4.79 Å². The molecule has 2 aromatic carbocycles. The number of benzene rings is 2. The molecule has 0 radical (unpaired) electrons. The summed E-state index contributed by atoms with van der Waals surface area (Å²) in [5, 5.41) is 6.90. The molecule has 0 atom stereocenters. The first-order valence-electron chi connectivity index (χ1n) is 9.57. The van der Waals surface area contributed by atoms with Gasteiger partial charge in [0.2, 0.25) is 17.6 Å². The van der Waals surface area contributed by atoms with Gasteiger partial charge in [0, 0.05) is 31.6 Å². The van der Waals surface area contributed by atoms with Crippen molar-refractivity contribution < 1.29 is 14.1 Å². The second kappa shape index (κ2) is 11.0. The van der Waals surface area contributed by atoms with E-state index in [9.17, 15) is 4.79 Å². The van der Waals surface area contributed by atoms with E-state index in [4.69, 9.17) is 9.26 Å². The molecule has 146 valence electrons. The van der Waals surface area contributed by atoms with Crippen molar-refractivity contribution in [2.45, 2.75) is 32.3 Å². The van der Waals surface area contributed by atoms with Crippen molar-refractivity contribution in [1.29, 1.82) is 0 Å². The Kier molecular flexibility index (Phi) is 7.76. The van der Waals surface area contributed by atoms with E-state index in [1.54, 1.807) is 0 Å². The Morgan fingerprint density at radius 2 is 1.75 bits per heavy atom. The summed E-state index contributed by atoms with van der Waals surface area (Å²) in [5.41, 5.74) is 2.08. The molecule has 1 N–H and O–H groups in total. The number of carbonyl (C=O) groups is 1. The zero-order valence-electron chi connectivity index (χ0n) is 15.8. The molecular weight excluding hydrogens is 354 g/mol. The Bertz CT molecular complexity index is 835. The lowest BCUT2D eigenvalue weighted by atomic mass is 10.2. The van der Waals surface area contributed by atoms with Gasteiger partial charge < -0.3 is 14.6 Å². The van der Waals surface area contributed by atoms with Gasteiger partial charge in [-0.25, -0.2) is 0 Å². The summed E-state index contributed by atoms with van der Waals surface area (Å²) in [6.07, 6.45) is 2.50. The summed E-state index contributed by atoms with van der Waals surface area (Å²) in [6, 6.07) is 19.7. The van der Waals surface area contributed by atoms with Gasteiger partial charge in [-0.15, -0.1) is 0 Å². The average Bonchev–Trinajstić information content (AvgIpc) is 3.21. The molecule has 1 amide bonds. The van der Waals surface area contributed by atoms with Crippen molar-refractivity contribution >= 4 is 5.91 Å². The summed E-state index contributed by atoms with van der Waals surface area (Å²) < 4.78 is 10.9. The third kappa shape index (κ3) is 6.63. The van der Waals surface area contributed by atoms with E-state index < -0.39 is 0 Å². The van der Waals surface area contributed by atoms with E-state index >= 15 is 0 Å². The van der Waals surface area contributed by atoms with Crippen LogP contribution in [0.5, 0.6) is 0 Å². The molecule has 0 fully saturated rings. The number of rotatable bonds is 11. The van der Waals surface area contributed by atoms with Crippen LogP contribution >= 0.6 is 0 Å². The Morgan fingerprint density at radius 3 is 2.54 bits per heavy atom. The van der Waals surface area contributed by atoms with Gasteiger partial charge in [0.15, 0.2) is 0 Å². The Hall–Kier alpha value is -2.99. The minimum atomic E-state index is 0.0332. The topological polar surface area (TPSA) is 77.2 Å². The third-order valence-electron chi connectivity index (χ3n) is 4.19.